The number of nitrogens with one attached hydrogen (secondary N) is 3. The number of hydrogen-bond acceptors (Lipinski definition) is 7. The van der Waals surface area contributed by atoms with Gasteiger partial charge in [-0.3, -0.25) is 5.43 Å². The van der Waals surface area contributed by atoms with Crippen LogP contribution < -0.4 is 16.2 Å². The zero-order valence-electron chi connectivity index (χ0n) is 20.4. The molecular weight excluding hydrogens is 562 g/mol. The average Bonchev–Trinajstić information content (AvgIpc) is 2.90. The Balaban J connectivity index is 1.56. The number of alkyl halides is 6. The summed E-state index contributed by atoms with van der Waals surface area (Å²) in [5.74, 6) is -2.77. The van der Waals surface area contributed by atoms with Gasteiger partial charge in [-0.25, -0.2) is 14.2 Å². The minimum atomic E-state index is -4.90. The highest BCUT2D eigenvalue weighted by atomic mass is 19.4. The van der Waals surface area contributed by atoms with Gasteiger partial charge >= 0.3 is 12.4 Å². The van der Waals surface area contributed by atoms with E-state index in [1.807, 2.05) is 0 Å². The van der Waals surface area contributed by atoms with Crippen molar-refractivity contribution in [2.45, 2.75) is 12.4 Å². The van der Waals surface area contributed by atoms with Crippen LogP contribution in [0.1, 0.15) is 22.3 Å². The number of benzene rings is 3. The number of halogens is 8. The number of hydrazone groups is 2. The number of nitrogens with zero attached hydrogens (tertiary/aromatic N) is 4. The standard InChI is InChI=1S/C26H17F8N7/c27-20-8-6-15(10-18(20)25(29,30)31)13-35-40-23-12-22(37-17-4-2-1-3-5-17)38-24(39-23)41-36-14-16-7-9-21(28)19(11-16)26(32,33)34/h1-14H,(H3,37,38,39,40,41). The Morgan fingerprint density at radius 3 is 1.66 bits per heavy atom. The predicted octanol–water partition coefficient (Wildman–Crippen LogP) is 7.43. The third-order valence-corrected chi connectivity index (χ3v) is 5.13. The van der Waals surface area contributed by atoms with Gasteiger partial charge in [0.2, 0.25) is 5.95 Å². The fourth-order valence-electron chi connectivity index (χ4n) is 3.31. The fourth-order valence-corrected chi connectivity index (χ4v) is 3.31. The molecular formula is C26H17F8N7. The maximum Gasteiger partial charge on any atom is 0.419 e. The minimum absolute atomic E-state index is 0.0340. The molecule has 0 radical (unpaired) electrons. The van der Waals surface area contributed by atoms with Crippen LogP contribution in [0.25, 0.3) is 0 Å². The van der Waals surface area contributed by atoms with Crippen molar-refractivity contribution in [2.24, 2.45) is 10.2 Å². The van der Waals surface area contributed by atoms with Crippen LogP contribution in [0.15, 0.2) is 83.0 Å². The van der Waals surface area contributed by atoms with Crippen molar-refractivity contribution in [1.29, 1.82) is 0 Å². The van der Waals surface area contributed by atoms with E-state index >= 15 is 0 Å². The smallest absolute Gasteiger partial charge is 0.340 e. The Bertz CT molecular complexity index is 1480. The van der Waals surface area contributed by atoms with E-state index in [2.05, 4.69) is 36.3 Å². The zero-order chi connectivity index (χ0) is 29.6. The van der Waals surface area contributed by atoms with Gasteiger partial charge in [-0.1, -0.05) is 30.3 Å². The molecule has 0 saturated heterocycles. The highest BCUT2D eigenvalue weighted by Gasteiger charge is 2.34. The summed E-state index contributed by atoms with van der Waals surface area (Å²) in [4.78, 5) is 8.30. The quantitative estimate of drug-likeness (QED) is 0.115. The SMILES string of the molecule is Fc1ccc(C=NNc2cc(Nc3ccccc3)nc(NN=Cc3ccc(F)c(C(F)(F)F)c3)n2)cc1C(F)(F)F. The summed E-state index contributed by atoms with van der Waals surface area (Å²) in [5.41, 5.74) is 2.56. The summed E-state index contributed by atoms with van der Waals surface area (Å²) in [6, 6.07) is 14.8. The summed E-state index contributed by atoms with van der Waals surface area (Å²) >= 11 is 0. The first-order chi connectivity index (χ1) is 19.4. The number of para-hydroxylation sites is 1. The zero-order valence-corrected chi connectivity index (χ0v) is 20.4. The Hall–Kier alpha value is -5.08. The molecule has 0 unspecified atom stereocenters. The van der Waals surface area contributed by atoms with Crippen molar-refractivity contribution in [1.82, 2.24) is 9.97 Å². The van der Waals surface area contributed by atoms with Crippen LogP contribution in [0, 0.1) is 11.6 Å². The molecule has 0 saturated carbocycles. The summed E-state index contributed by atoms with van der Waals surface area (Å²) in [6.07, 6.45) is -7.78. The van der Waals surface area contributed by atoms with Gasteiger partial charge in [-0.2, -0.15) is 46.5 Å². The van der Waals surface area contributed by atoms with Crippen LogP contribution in [0.2, 0.25) is 0 Å². The van der Waals surface area contributed by atoms with Gasteiger partial charge < -0.3 is 5.32 Å². The van der Waals surface area contributed by atoms with Crippen molar-refractivity contribution < 1.29 is 35.1 Å². The summed E-state index contributed by atoms with van der Waals surface area (Å²) in [5, 5.41) is 10.6. The van der Waals surface area contributed by atoms with Crippen molar-refractivity contribution in [2.75, 3.05) is 16.2 Å². The van der Waals surface area contributed by atoms with Gasteiger partial charge in [-0.15, -0.1) is 0 Å². The maximum atomic E-state index is 13.5. The first kappa shape index (κ1) is 28.9. The molecule has 0 bridgehead atoms. The van der Waals surface area contributed by atoms with E-state index < -0.39 is 35.1 Å². The molecule has 1 aromatic heterocycles. The van der Waals surface area contributed by atoms with Gasteiger partial charge in [0.1, 0.15) is 17.5 Å². The van der Waals surface area contributed by atoms with Crippen molar-refractivity contribution in [3.8, 4) is 0 Å². The molecule has 4 aromatic rings. The summed E-state index contributed by atoms with van der Waals surface area (Å²) < 4.78 is 105. The predicted molar refractivity (Wildman–Crippen MR) is 137 cm³/mol. The van der Waals surface area contributed by atoms with E-state index in [0.717, 1.165) is 24.6 Å². The molecule has 3 N–H and O–H groups in total. The van der Waals surface area contributed by atoms with E-state index in [-0.39, 0.29) is 28.7 Å². The van der Waals surface area contributed by atoms with Crippen LogP contribution in [-0.2, 0) is 12.4 Å². The van der Waals surface area contributed by atoms with Gasteiger partial charge in [0.15, 0.2) is 5.82 Å². The lowest BCUT2D eigenvalue weighted by Crippen LogP contribution is -2.09. The fraction of sp³-hybridized carbons (Fsp3) is 0.0769. The molecule has 0 atom stereocenters. The van der Waals surface area contributed by atoms with Gasteiger partial charge in [0.25, 0.3) is 0 Å². The first-order valence-corrected chi connectivity index (χ1v) is 11.4. The third-order valence-electron chi connectivity index (χ3n) is 5.13. The molecule has 7 nitrogen and oxygen atoms in total. The Kier molecular flexibility index (Phi) is 8.45. The van der Waals surface area contributed by atoms with Crippen molar-refractivity contribution >= 4 is 35.7 Å². The Morgan fingerprint density at radius 1 is 0.610 bits per heavy atom. The molecule has 3 aromatic carbocycles. The molecule has 0 aliphatic rings. The molecule has 41 heavy (non-hydrogen) atoms. The highest BCUT2D eigenvalue weighted by molar-refractivity contribution is 5.81. The molecule has 0 fully saturated rings. The second-order valence-corrected chi connectivity index (χ2v) is 8.17. The third kappa shape index (κ3) is 7.97. The molecule has 15 heteroatoms. The lowest BCUT2D eigenvalue weighted by Gasteiger charge is -2.10. The largest absolute Gasteiger partial charge is 0.419 e. The molecule has 212 valence electrons. The van der Waals surface area contributed by atoms with Gasteiger partial charge in [0.05, 0.1) is 23.6 Å². The Morgan fingerprint density at radius 2 is 1.12 bits per heavy atom. The van der Waals surface area contributed by atoms with Crippen LogP contribution in [0.4, 0.5) is 58.4 Å². The van der Waals surface area contributed by atoms with E-state index in [0.29, 0.717) is 30.0 Å². The van der Waals surface area contributed by atoms with Crippen molar-refractivity contribution in [3.63, 3.8) is 0 Å². The monoisotopic (exact) mass is 579 g/mol. The lowest BCUT2D eigenvalue weighted by atomic mass is 10.1. The van der Waals surface area contributed by atoms with Crippen molar-refractivity contribution in [3.05, 3.63) is 107 Å². The molecule has 0 amide bonds. The average molecular weight is 579 g/mol. The second-order valence-electron chi connectivity index (χ2n) is 8.17. The summed E-state index contributed by atoms with van der Waals surface area (Å²) in [6.45, 7) is 0. The first-order valence-electron chi connectivity index (χ1n) is 11.4. The number of anilines is 4. The molecule has 4 rings (SSSR count). The van der Waals surface area contributed by atoms with E-state index in [1.165, 1.54) is 6.07 Å². The van der Waals surface area contributed by atoms with E-state index in [4.69, 9.17) is 0 Å². The number of rotatable bonds is 8. The van der Waals surface area contributed by atoms with Gasteiger partial charge in [-0.05, 0) is 47.5 Å². The van der Waals surface area contributed by atoms with Crippen LogP contribution in [0.3, 0.4) is 0 Å². The maximum absolute atomic E-state index is 13.5. The van der Waals surface area contributed by atoms with Crippen LogP contribution in [0.5, 0.6) is 0 Å². The lowest BCUT2D eigenvalue weighted by molar-refractivity contribution is -0.140. The molecule has 0 aliphatic carbocycles. The highest BCUT2D eigenvalue weighted by Crippen LogP contribution is 2.32. The molecule has 0 spiro atoms. The van der Waals surface area contributed by atoms with Crippen LogP contribution in [-0.4, -0.2) is 22.4 Å². The second kappa shape index (κ2) is 12.0. The van der Waals surface area contributed by atoms with E-state index in [1.54, 1.807) is 30.3 Å². The topological polar surface area (TPSA) is 86.6 Å². The number of aromatic nitrogens is 2. The van der Waals surface area contributed by atoms with E-state index in [9.17, 15) is 35.1 Å². The van der Waals surface area contributed by atoms with Crippen LogP contribution >= 0.6 is 0 Å². The molecule has 0 aliphatic heterocycles. The molecule has 1 heterocycles. The van der Waals surface area contributed by atoms with Gasteiger partial charge in [0, 0.05) is 11.8 Å². The normalized spacial score (nSPS) is 12.2. The Labute approximate surface area is 226 Å². The minimum Gasteiger partial charge on any atom is -0.340 e. The summed E-state index contributed by atoms with van der Waals surface area (Å²) in [7, 11) is 0. The number of hydrogen-bond donors (Lipinski definition) is 3.